The van der Waals surface area contributed by atoms with Crippen molar-refractivity contribution in [3.63, 3.8) is 0 Å². The molecule has 1 atom stereocenters. The smallest absolute Gasteiger partial charge is 0.125 e. The summed E-state index contributed by atoms with van der Waals surface area (Å²) in [5, 5.41) is 9.66. The SMILES string of the molecule is CCCCCCCCCCCCCCCC=CC1=NCCN1C(C)O. The van der Waals surface area contributed by atoms with Crippen LogP contribution in [0.3, 0.4) is 0 Å². The molecule has 1 unspecified atom stereocenters. The molecule has 0 aromatic carbocycles. The van der Waals surface area contributed by atoms with E-state index in [1.807, 2.05) is 4.90 Å². The predicted octanol–water partition coefficient (Wildman–Crippen LogP) is 6.08. The topological polar surface area (TPSA) is 35.8 Å². The molecule has 1 N–H and O–H groups in total. The van der Waals surface area contributed by atoms with E-state index in [9.17, 15) is 5.11 Å². The molecule has 1 aliphatic rings. The molecule has 1 rings (SSSR count). The van der Waals surface area contributed by atoms with Gasteiger partial charge in [0.2, 0.25) is 0 Å². The number of aliphatic hydroxyl groups excluding tert-OH is 1. The van der Waals surface area contributed by atoms with Gasteiger partial charge >= 0.3 is 0 Å². The van der Waals surface area contributed by atoms with Gasteiger partial charge in [0.25, 0.3) is 0 Å². The largest absolute Gasteiger partial charge is 0.374 e. The van der Waals surface area contributed by atoms with Crippen molar-refractivity contribution in [3.8, 4) is 0 Å². The Balaban J connectivity index is 1.84. The number of nitrogens with zero attached hydrogens (tertiary/aromatic N) is 2. The Kier molecular flexibility index (Phi) is 13.7. The van der Waals surface area contributed by atoms with Crippen LogP contribution >= 0.6 is 0 Å². The fourth-order valence-corrected chi connectivity index (χ4v) is 3.47. The molecule has 1 heterocycles. The Hall–Kier alpha value is -0.830. The van der Waals surface area contributed by atoms with Gasteiger partial charge in [-0.3, -0.25) is 4.99 Å². The first kappa shape index (κ1) is 22.2. The molecule has 0 aromatic rings. The van der Waals surface area contributed by atoms with Crippen LogP contribution in [0.4, 0.5) is 0 Å². The van der Waals surface area contributed by atoms with E-state index in [1.165, 1.54) is 83.5 Å². The predicted molar refractivity (Wildman–Crippen MR) is 110 cm³/mol. The number of aliphatic hydroxyl groups is 1. The van der Waals surface area contributed by atoms with Crippen molar-refractivity contribution in [1.29, 1.82) is 0 Å². The third-order valence-electron chi connectivity index (χ3n) is 5.10. The van der Waals surface area contributed by atoms with Crippen molar-refractivity contribution in [2.24, 2.45) is 4.99 Å². The number of aliphatic imine (C=N–C) groups is 1. The fraction of sp³-hybridized carbons (Fsp3) is 0.864. The monoisotopic (exact) mass is 350 g/mol. The minimum absolute atomic E-state index is 0.428. The third-order valence-corrected chi connectivity index (χ3v) is 5.10. The second kappa shape index (κ2) is 15.4. The molecular formula is C22H42N2O. The van der Waals surface area contributed by atoms with Crippen LogP contribution in [-0.4, -0.2) is 35.2 Å². The first-order chi connectivity index (χ1) is 12.3. The van der Waals surface area contributed by atoms with Crippen LogP contribution in [-0.2, 0) is 0 Å². The molecule has 0 amide bonds. The Morgan fingerprint density at radius 1 is 0.920 bits per heavy atom. The average molecular weight is 351 g/mol. The zero-order chi connectivity index (χ0) is 18.2. The van der Waals surface area contributed by atoms with E-state index in [1.54, 1.807) is 6.92 Å². The number of rotatable bonds is 16. The van der Waals surface area contributed by atoms with Crippen LogP contribution in [0.15, 0.2) is 17.1 Å². The van der Waals surface area contributed by atoms with Crippen molar-refractivity contribution in [3.05, 3.63) is 12.2 Å². The number of amidine groups is 1. The maximum absolute atomic E-state index is 9.66. The van der Waals surface area contributed by atoms with E-state index in [0.29, 0.717) is 0 Å². The Labute approximate surface area is 156 Å². The molecule has 0 spiro atoms. The molecule has 3 heteroatoms. The second-order valence-electron chi connectivity index (χ2n) is 7.50. The molecule has 3 nitrogen and oxygen atoms in total. The van der Waals surface area contributed by atoms with Gasteiger partial charge in [0.1, 0.15) is 12.1 Å². The van der Waals surface area contributed by atoms with Crippen molar-refractivity contribution < 1.29 is 5.11 Å². The first-order valence-corrected chi connectivity index (χ1v) is 10.9. The number of unbranched alkanes of at least 4 members (excludes halogenated alkanes) is 13. The van der Waals surface area contributed by atoms with Gasteiger partial charge in [-0.25, -0.2) is 0 Å². The lowest BCUT2D eigenvalue weighted by Gasteiger charge is -2.21. The summed E-state index contributed by atoms with van der Waals surface area (Å²) >= 11 is 0. The maximum atomic E-state index is 9.66. The van der Waals surface area contributed by atoms with Crippen LogP contribution in [0.2, 0.25) is 0 Å². The molecule has 0 aromatic heterocycles. The third kappa shape index (κ3) is 11.4. The van der Waals surface area contributed by atoms with Crippen LogP contribution in [0.25, 0.3) is 0 Å². The first-order valence-electron chi connectivity index (χ1n) is 10.9. The average Bonchev–Trinajstić information content (AvgIpc) is 3.07. The molecule has 0 aliphatic carbocycles. The lowest BCUT2D eigenvalue weighted by Crippen LogP contribution is -2.34. The summed E-state index contributed by atoms with van der Waals surface area (Å²) in [5.74, 6) is 0.949. The van der Waals surface area contributed by atoms with E-state index < -0.39 is 6.23 Å². The summed E-state index contributed by atoms with van der Waals surface area (Å²) < 4.78 is 0. The van der Waals surface area contributed by atoms with E-state index in [4.69, 9.17) is 0 Å². The van der Waals surface area contributed by atoms with E-state index in [2.05, 4.69) is 24.1 Å². The van der Waals surface area contributed by atoms with Crippen LogP contribution in [0, 0.1) is 0 Å². The summed E-state index contributed by atoms with van der Waals surface area (Å²) in [6.45, 7) is 5.74. The Morgan fingerprint density at radius 2 is 1.44 bits per heavy atom. The summed E-state index contributed by atoms with van der Waals surface area (Å²) in [5.41, 5.74) is 0. The maximum Gasteiger partial charge on any atom is 0.125 e. The minimum atomic E-state index is -0.428. The highest BCUT2D eigenvalue weighted by molar-refractivity contribution is 5.94. The summed E-state index contributed by atoms with van der Waals surface area (Å²) in [6, 6.07) is 0. The van der Waals surface area contributed by atoms with Gasteiger partial charge < -0.3 is 10.0 Å². The van der Waals surface area contributed by atoms with Crippen molar-refractivity contribution in [2.75, 3.05) is 13.1 Å². The zero-order valence-corrected chi connectivity index (χ0v) is 16.9. The highest BCUT2D eigenvalue weighted by Gasteiger charge is 2.17. The van der Waals surface area contributed by atoms with Gasteiger partial charge in [-0.05, 0) is 25.8 Å². The van der Waals surface area contributed by atoms with Crippen LogP contribution < -0.4 is 0 Å². The zero-order valence-electron chi connectivity index (χ0n) is 16.9. The van der Waals surface area contributed by atoms with Gasteiger partial charge in [0, 0.05) is 6.54 Å². The number of hydrogen-bond donors (Lipinski definition) is 1. The highest BCUT2D eigenvalue weighted by atomic mass is 16.3. The van der Waals surface area contributed by atoms with E-state index in [-0.39, 0.29) is 0 Å². The molecule has 25 heavy (non-hydrogen) atoms. The molecular weight excluding hydrogens is 308 g/mol. The quantitative estimate of drug-likeness (QED) is 0.343. The van der Waals surface area contributed by atoms with Gasteiger partial charge in [-0.1, -0.05) is 90.0 Å². The molecule has 1 aliphatic heterocycles. The van der Waals surface area contributed by atoms with Crippen molar-refractivity contribution in [2.45, 2.75) is 110 Å². The molecule has 0 saturated heterocycles. The van der Waals surface area contributed by atoms with Gasteiger partial charge in [0.15, 0.2) is 0 Å². The van der Waals surface area contributed by atoms with Gasteiger partial charge in [-0.2, -0.15) is 0 Å². The highest BCUT2D eigenvalue weighted by Crippen LogP contribution is 2.13. The minimum Gasteiger partial charge on any atom is -0.374 e. The molecule has 146 valence electrons. The van der Waals surface area contributed by atoms with E-state index in [0.717, 1.165) is 25.3 Å². The van der Waals surface area contributed by atoms with Gasteiger partial charge in [-0.15, -0.1) is 0 Å². The van der Waals surface area contributed by atoms with Crippen LogP contribution in [0.5, 0.6) is 0 Å². The van der Waals surface area contributed by atoms with Crippen LogP contribution in [0.1, 0.15) is 104 Å². The lowest BCUT2D eigenvalue weighted by atomic mass is 10.0. The second-order valence-corrected chi connectivity index (χ2v) is 7.50. The number of hydrogen-bond acceptors (Lipinski definition) is 3. The Bertz CT molecular complexity index is 363. The summed E-state index contributed by atoms with van der Waals surface area (Å²) in [6.07, 6.45) is 23.3. The molecule has 0 radical (unpaired) electrons. The van der Waals surface area contributed by atoms with E-state index >= 15 is 0 Å². The molecule has 0 bridgehead atoms. The lowest BCUT2D eigenvalue weighted by molar-refractivity contribution is 0.0788. The van der Waals surface area contributed by atoms with Crippen molar-refractivity contribution >= 4 is 5.84 Å². The molecule has 0 fully saturated rings. The number of allylic oxidation sites excluding steroid dienone is 1. The normalized spacial score (nSPS) is 16.0. The van der Waals surface area contributed by atoms with Crippen molar-refractivity contribution in [1.82, 2.24) is 4.90 Å². The van der Waals surface area contributed by atoms with Gasteiger partial charge in [0.05, 0.1) is 6.54 Å². The summed E-state index contributed by atoms with van der Waals surface area (Å²) in [7, 11) is 0. The standard InChI is InChI=1S/C22H42N2O/c1-3-4-5-6-7-8-9-10-11-12-13-14-15-16-17-18-22-23-19-20-24(22)21(2)25/h17-18,21,25H,3-16,19-20H2,1-2H3. The fourth-order valence-electron chi connectivity index (χ4n) is 3.47. The Morgan fingerprint density at radius 3 is 1.96 bits per heavy atom. The summed E-state index contributed by atoms with van der Waals surface area (Å²) in [4.78, 5) is 6.40. The molecule has 0 saturated carbocycles.